The summed E-state index contributed by atoms with van der Waals surface area (Å²) in [4.78, 5) is 27.5. The quantitative estimate of drug-likeness (QED) is 0.672. The SMILES string of the molecule is Cc1cnc(-c2nc(C3CCCCN3C(=O)COc3ccccc3)no2)cn1. The molecule has 1 fully saturated rings. The summed E-state index contributed by atoms with van der Waals surface area (Å²) in [5, 5.41) is 4.10. The number of hydrogen-bond donors (Lipinski definition) is 0. The predicted molar refractivity (Wildman–Crippen MR) is 100 cm³/mol. The molecule has 28 heavy (non-hydrogen) atoms. The van der Waals surface area contributed by atoms with Gasteiger partial charge in [0.25, 0.3) is 11.8 Å². The summed E-state index contributed by atoms with van der Waals surface area (Å²) in [6, 6.07) is 9.08. The van der Waals surface area contributed by atoms with Gasteiger partial charge in [-0.1, -0.05) is 23.4 Å². The van der Waals surface area contributed by atoms with Gasteiger partial charge in [0.05, 0.1) is 17.9 Å². The van der Waals surface area contributed by atoms with Gasteiger partial charge in [0.2, 0.25) is 0 Å². The fourth-order valence-corrected chi connectivity index (χ4v) is 3.22. The molecule has 1 saturated heterocycles. The Morgan fingerprint density at radius 1 is 1.21 bits per heavy atom. The molecule has 0 radical (unpaired) electrons. The zero-order valence-electron chi connectivity index (χ0n) is 15.6. The van der Waals surface area contributed by atoms with Crippen LogP contribution < -0.4 is 4.74 Å². The summed E-state index contributed by atoms with van der Waals surface area (Å²) in [6.07, 6.45) is 5.99. The molecule has 0 saturated carbocycles. The number of aryl methyl sites for hydroxylation is 1. The number of benzene rings is 1. The number of amides is 1. The van der Waals surface area contributed by atoms with Crippen LogP contribution in [0.15, 0.2) is 47.2 Å². The van der Waals surface area contributed by atoms with Crippen LogP contribution in [-0.2, 0) is 4.79 Å². The third-order valence-electron chi connectivity index (χ3n) is 4.67. The van der Waals surface area contributed by atoms with E-state index in [9.17, 15) is 4.79 Å². The maximum atomic E-state index is 12.8. The molecule has 0 aliphatic carbocycles. The van der Waals surface area contributed by atoms with Gasteiger partial charge in [0, 0.05) is 12.7 Å². The van der Waals surface area contributed by atoms with E-state index in [-0.39, 0.29) is 18.6 Å². The Morgan fingerprint density at radius 2 is 2.07 bits per heavy atom. The Balaban J connectivity index is 1.47. The van der Waals surface area contributed by atoms with Crippen molar-refractivity contribution in [2.45, 2.75) is 32.2 Å². The molecular weight excluding hydrogens is 358 g/mol. The fourth-order valence-electron chi connectivity index (χ4n) is 3.22. The second kappa shape index (κ2) is 8.16. The lowest BCUT2D eigenvalue weighted by Crippen LogP contribution is -2.41. The van der Waals surface area contributed by atoms with Crippen molar-refractivity contribution in [3.05, 3.63) is 54.2 Å². The highest BCUT2D eigenvalue weighted by Gasteiger charge is 2.32. The van der Waals surface area contributed by atoms with Crippen molar-refractivity contribution in [1.82, 2.24) is 25.0 Å². The van der Waals surface area contributed by atoms with Crippen LogP contribution in [0.2, 0.25) is 0 Å². The summed E-state index contributed by atoms with van der Waals surface area (Å²) in [5.41, 5.74) is 1.33. The van der Waals surface area contributed by atoms with Crippen molar-refractivity contribution in [3.63, 3.8) is 0 Å². The van der Waals surface area contributed by atoms with Crippen LogP contribution in [0.3, 0.4) is 0 Å². The Hall–Kier alpha value is -3.29. The lowest BCUT2D eigenvalue weighted by Gasteiger charge is -2.33. The molecular formula is C20H21N5O3. The minimum Gasteiger partial charge on any atom is -0.484 e. The number of nitrogens with zero attached hydrogens (tertiary/aromatic N) is 5. The van der Waals surface area contributed by atoms with Crippen LogP contribution in [0, 0.1) is 6.92 Å². The van der Waals surface area contributed by atoms with Crippen LogP contribution in [0.25, 0.3) is 11.6 Å². The van der Waals surface area contributed by atoms with Gasteiger partial charge in [0.15, 0.2) is 12.4 Å². The number of aromatic nitrogens is 4. The lowest BCUT2D eigenvalue weighted by atomic mass is 10.0. The van der Waals surface area contributed by atoms with E-state index in [1.54, 1.807) is 17.3 Å². The minimum atomic E-state index is -0.225. The summed E-state index contributed by atoms with van der Waals surface area (Å²) < 4.78 is 11.0. The van der Waals surface area contributed by atoms with Crippen molar-refractivity contribution in [2.75, 3.05) is 13.2 Å². The maximum absolute atomic E-state index is 12.8. The van der Waals surface area contributed by atoms with Gasteiger partial charge >= 0.3 is 0 Å². The zero-order chi connectivity index (χ0) is 19.3. The molecule has 3 heterocycles. The first-order valence-corrected chi connectivity index (χ1v) is 9.30. The van der Waals surface area contributed by atoms with E-state index < -0.39 is 0 Å². The molecule has 1 aliphatic rings. The van der Waals surface area contributed by atoms with Crippen molar-refractivity contribution >= 4 is 5.91 Å². The van der Waals surface area contributed by atoms with E-state index in [2.05, 4.69) is 20.1 Å². The minimum absolute atomic E-state index is 0.0192. The number of carbonyl (C=O) groups excluding carboxylic acids is 1. The normalized spacial score (nSPS) is 16.8. The average molecular weight is 379 g/mol. The Kier molecular flexibility index (Phi) is 5.27. The van der Waals surface area contributed by atoms with E-state index in [1.165, 1.54) is 0 Å². The number of piperidine rings is 1. The second-order valence-corrected chi connectivity index (χ2v) is 6.70. The Labute approximate surface area is 162 Å². The van der Waals surface area contributed by atoms with Crippen LogP contribution in [0.5, 0.6) is 5.75 Å². The first-order valence-electron chi connectivity index (χ1n) is 9.30. The van der Waals surface area contributed by atoms with Crippen molar-refractivity contribution in [3.8, 4) is 17.3 Å². The second-order valence-electron chi connectivity index (χ2n) is 6.70. The zero-order valence-corrected chi connectivity index (χ0v) is 15.6. The third kappa shape index (κ3) is 4.00. The highest BCUT2D eigenvalue weighted by molar-refractivity contribution is 5.78. The van der Waals surface area contributed by atoms with Crippen LogP contribution >= 0.6 is 0 Å². The van der Waals surface area contributed by atoms with Gasteiger partial charge in [-0.05, 0) is 38.3 Å². The van der Waals surface area contributed by atoms with Gasteiger partial charge < -0.3 is 14.2 Å². The number of likely N-dealkylation sites (tertiary alicyclic amines) is 1. The van der Waals surface area contributed by atoms with E-state index in [1.807, 2.05) is 37.3 Å². The Bertz CT molecular complexity index is 927. The molecule has 3 aromatic rings. The van der Waals surface area contributed by atoms with Crippen LogP contribution in [0.1, 0.15) is 36.8 Å². The molecule has 8 nitrogen and oxygen atoms in total. The smallest absolute Gasteiger partial charge is 0.278 e. The van der Waals surface area contributed by atoms with Crippen molar-refractivity contribution < 1.29 is 14.1 Å². The van der Waals surface area contributed by atoms with E-state index in [0.29, 0.717) is 29.7 Å². The molecule has 4 rings (SSSR count). The maximum Gasteiger partial charge on any atom is 0.278 e. The van der Waals surface area contributed by atoms with Crippen molar-refractivity contribution in [2.24, 2.45) is 0 Å². The number of ether oxygens (including phenoxy) is 1. The molecule has 0 N–H and O–H groups in total. The third-order valence-corrected chi connectivity index (χ3v) is 4.67. The number of carbonyl (C=O) groups is 1. The van der Waals surface area contributed by atoms with E-state index in [4.69, 9.17) is 9.26 Å². The predicted octanol–water partition coefficient (Wildman–Crippen LogP) is 2.97. The van der Waals surface area contributed by atoms with Crippen LogP contribution in [0.4, 0.5) is 0 Å². The molecule has 1 aromatic carbocycles. The monoisotopic (exact) mass is 379 g/mol. The van der Waals surface area contributed by atoms with Gasteiger partial charge in [0.1, 0.15) is 11.4 Å². The molecule has 1 atom stereocenters. The molecule has 0 spiro atoms. The van der Waals surface area contributed by atoms with Crippen molar-refractivity contribution in [1.29, 1.82) is 0 Å². The molecule has 1 aliphatic heterocycles. The highest BCUT2D eigenvalue weighted by Crippen LogP contribution is 2.30. The number of rotatable bonds is 5. The molecule has 0 bridgehead atoms. The standard InChI is InChI=1S/C20H21N5O3/c1-14-11-22-16(12-21-14)20-23-19(24-28-20)17-9-5-6-10-25(17)18(26)13-27-15-7-3-2-4-8-15/h2-4,7-8,11-12,17H,5-6,9-10,13H2,1H3. The Morgan fingerprint density at radius 3 is 2.86 bits per heavy atom. The number of para-hydroxylation sites is 1. The molecule has 1 unspecified atom stereocenters. The summed E-state index contributed by atoms with van der Waals surface area (Å²) in [6.45, 7) is 2.49. The fraction of sp³-hybridized carbons (Fsp3) is 0.350. The highest BCUT2D eigenvalue weighted by atomic mass is 16.5. The van der Waals surface area contributed by atoms with E-state index >= 15 is 0 Å². The van der Waals surface area contributed by atoms with Gasteiger partial charge in [-0.15, -0.1) is 0 Å². The number of hydrogen-bond acceptors (Lipinski definition) is 7. The first kappa shape index (κ1) is 18.1. The lowest BCUT2D eigenvalue weighted by molar-refractivity contribution is -0.137. The van der Waals surface area contributed by atoms with E-state index in [0.717, 1.165) is 25.0 Å². The average Bonchev–Trinajstić information content (AvgIpc) is 3.23. The van der Waals surface area contributed by atoms with Gasteiger partial charge in [-0.25, -0.2) is 4.98 Å². The molecule has 144 valence electrons. The summed E-state index contributed by atoms with van der Waals surface area (Å²) in [5.74, 6) is 1.38. The summed E-state index contributed by atoms with van der Waals surface area (Å²) >= 11 is 0. The largest absolute Gasteiger partial charge is 0.484 e. The van der Waals surface area contributed by atoms with Gasteiger partial charge in [-0.3, -0.25) is 9.78 Å². The molecule has 8 heteroatoms. The van der Waals surface area contributed by atoms with Crippen LogP contribution in [-0.4, -0.2) is 44.1 Å². The topological polar surface area (TPSA) is 94.2 Å². The first-order chi connectivity index (χ1) is 13.7. The molecule has 1 amide bonds. The van der Waals surface area contributed by atoms with Gasteiger partial charge in [-0.2, -0.15) is 4.98 Å². The summed E-state index contributed by atoms with van der Waals surface area (Å²) in [7, 11) is 0. The molecule has 2 aromatic heterocycles.